The normalized spacial score (nSPS) is 18.3. The Balaban J connectivity index is 1.93. The summed E-state index contributed by atoms with van der Waals surface area (Å²) < 4.78 is 31.4. The first-order valence-corrected chi connectivity index (χ1v) is 9.71. The van der Waals surface area contributed by atoms with Crippen LogP contribution in [0.15, 0.2) is 39.9 Å². The number of nitrogens with zero attached hydrogens (tertiary/aromatic N) is 3. The first-order chi connectivity index (χ1) is 12.3. The number of aromatic nitrogens is 1. The van der Waals surface area contributed by atoms with Gasteiger partial charge in [-0.15, -0.1) is 0 Å². The van der Waals surface area contributed by atoms with Crippen molar-refractivity contribution < 1.29 is 17.6 Å². The number of pyridine rings is 1. The number of rotatable bonds is 4. The van der Waals surface area contributed by atoms with E-state index in [1.165, 1.54) is 20.2 Å². The summed E-state index contributed by atoms with van der Waals surface area (Å²) in [5, 5.41) is 3.27. The molecule has 1 atom stereocenters. The van der Waals surface area contributed by atoms with Gasteiger partial charge in [-0.25, -0.2) is 12.7 Å². The third-order valence-electron chi connectivity index (χ3n) is 4.42. The zero-order valence-electron chi connectivity index (χ0n) is 15.0. The number of nitrogens with one attached hydrogen (secondary N) is 1. The van der Waals surface area contributed by atoms with Crippen molar-refractivity contribution in [2.45, 2.75) is 17.9 Å². The standard InChI is InChI=1S/C17H22N4O4S/c1-12-16(26(23,24)20(2)3)9-15(25-12)17(22)21-8-7-19-11-14(21)13-5-4-6-18-10-13/h4-6,9-10,14,19H,7-8,11H2,1-3H3. The third kappa shape index (κ3) is 3.37. The lowest BCUT2D eigenvalue weighted by Crippen LogP contribution is -2.48. The second-order valence-corrected chi connectivity index (χ2v) is 8.44. The molecular weight excluding hydrogens is 356 g/mol. The maximum Gasteiger partial charge on any atom is 0.290 e. The Morgan fingerprint density at radius 2 is 2.19 bits per heavy atom. The van der Waals surface area contributed by atoms with Crippen molar-refractivity contribution in [1.82, 2.24) is 19.5 Å². The topological polar surface area (TPSA) is 95.7 Å². The highest BCUT2D eigenvalue weighted by Crippen LogP contribution is 2.27. The lowest BCUT2D eigenvalue weighted by atomic mass is 10.1. The lowest BCUT2D eigenvalue weighted by molar-refractivity contribution is 0.0600. The lowest BCUT2D eigenvalue weighted by Gasteiger charge is -2.35. The fourth-order valence-corrected chi connectivity index (χ4v) is 4.04. The highest BCUT2D eigenvalue weighted by molar-refractivity contribution is 7.89. The molecule has 1 unspecified atom stereocenters. The molecule has 2 aromatic rings. The van der Waals surface area contributed by atoms with Crippen molar-refractivity contribution in [3.8, 4) is 0 Å². The van der Waals surface area contributed by atoms with E-state index in [1.54, 1.807) is 24.2 Å². The Kier molecular flexibility index (Phi) is 5.12. The van der Waals surface area contributed by atoms with Gasteiger partial charge in [0.25, 0.3) is 5.91 Å². The molecule has 1 aliphatic rings. The Bertz CT molecular complexity index is 893. The van der Waals surface area contributed by atoms with Crippen molar-refractivity contribution in [1.29, 1.82) is 0 Å². The van der Waals surface area contributed by atoms with Crippen molar-refractivity contribution >= 4 is 15.9 Å². The number of piperazine rings is 1. The fraction of sp³-hybridized carbons (Fsp3) is 0.412. The summed E-state index contributed by atoms with van der Waals surface area (Å²) >= 11 is 0. The van der Waals surface area contributed by atoms with Crippen LogP contribution in [0.5, 0.6) is 0 Å². The largest absolute Gasteiger partial charge is 0.455 e. The number of sulfonamides is 1. The van der Waals surface area contributed by atoms with Gasteiger partial charge in [0.1, 0.15) is 10.7 Å². The zero-order valence-corrected chi connectivity index (χ0v) is 15.8. The second kappa shape index (κ2) is 7.18. The average Bonchev–Trinajstić information content (AvgIpc) is 3.04. The minimum Gasteiger partial charge on any atom is -0.455 e. The van der Waals surface area contributed by atoms with Crippen molar-refractivity contribution in [2.75, 3.05) is 33.7 Å². The Morgan fingerprint density at radius 1 is 1.42 bits per heavy atom. The van der Waals surface area contributed by atoms with Gasteiger partial charge in [-0.3, -0.25) is 9.78 Å². The van der Waals surface area contributed by atoms with E-state index in [9.17, 15) is 13.2 Å². The number of furan rings is 1. The first-order valence-electron chi connectivity index (χ1n) is 8.27. The summed E-state index contributed by atoms with van der Waals surface area (Å²) in [4.78, 5) is 18.8. The van der Waals surface area contributed by atoms with Gasteiger partial charge in [0, 0.05) is 52.2 Å². The number of carbonyl (C=O) groups is 1. The Morgan fingerprint density at radius 3 is 2.85 bits per heavy atom. The van der Waals surface area contributed by atoms with Crippen molar-refractivity contribution in [3.63, 3.8) is 0 Å². The van der Waals surface area contributed by atoms with Gasteiger partial charge in [-0.1, -0.05) is 6.07 Å². The van der Waals surface area contributed by atoms with Gasteiger partial charge < -0.3 is 14.6 Å². The van der Waals surface area contributed by atoms with Gasteiger partial charge in [0.05, 0.1) is 6.04 Å². The van der Waals surface area contributed by atoms with Crippen LogP contribution in [0.25, 0.3) is 0 Å². The smallest absolute Gasteiger partial charge is 0.290 e. The quantitative estimate of drug-likeness (QED) is 0.853. The highest BCUT2D eigenvalue weighted by atomic mass is 32.2. The van der Waals surface area contributed by atoms with Gasteiger partial charge in [0.15, 0.2) is 5.76 Å². The number of hydrogen-bond donors (Lipinski definition) is 1. The molecule has 1 N–H and O–H groups in total. The summed E-state index contributed by atoms with van der Waals surface area (Å²) in [6, 6.07) is 4.87. The van der Waals surface area contributed by atoms with Crippen LogP contribution >= 0.6 is 0 Å². The van der Waals surface area contributed by atoms with Crippen molar-refractivity contribution in [3.05, 3.63) is 47.7 Å². The molecule has 26 heavy (non-hydrogen) atoms. The number of hydrogen-bond acceptors (Lipinski definition) is 6. The predicted molar refractivity (Wildman–Crippen MR) is 95.2 cm³/mol. The molecule has 0 aromatic carbocycles. The third-order valence-corrected chi connectivity index (χ3v) is 6.34. The molecule has 9 heteroatoms. The molecule has 3 heterocycles. The molecule has 1 amide bonds. The van der Waals surface area contributed by atoms with Gasteiger partial charge >= 0.3 is 0 Å². The van der Waals surface area contributed by atoms with E-state index < -0.39 is 10.0 Å². The summed E-state index contributed by atoms with van der Waals surface area (Å²) in [5.74, 6) is -0.0995. The summed E-state index contributed by atoms with van der Waals surface area (Å²) in [6.07, 6.45) is 3.41. The Labute approximate surface area is 152 Å². The number of amides is 1. The minimum absolute atomic E-state index is 0.0129. The molecule has 2 aromatic heterocycles. The fourth-order valence-electron chi connectivity index (χ4n) is 2.98. The number of carbonyl (C=O) groups excluding carboxylic acids is 1. The van der Waals surface area contributed by atoms with Crippen LogP contribution in [-0.2, 0) is 10.0 Å². The van der Waals surface area contributed by atoms with E-state index in [0.717, 1.165) is 9.87 Å². The van der Waals surface area contributed by atoms with Crippen LogP contribution in [0.3, 0.4) is 0 Å². The van der Waals surface area contributed by atoms with E-state index in [4.69, 9.17) is 4.42 Å². The molecule has 1 fully saturated rings. The molecule has 8 nitrogen and oxygen atoms in total. The Hall–Kier alpha value is -2.23. The van der Waals surface area contributed by atoms with Crippen LogP contribution < -0.4 is 5.32 Å². The zero-order chi connectivity index (χ0) is 18.9. The second-order valence-electron chi connectivity index (χ2n) is 6.32. The maximum atomic E-state index is 13.0. The number of aryl methyl sites for hydroxylation is 1. The van der Waals surface area contributed by atoms with Gasteiger partial charge in [-0.2, -0.15) is 0 Å². The SMILES string of the molecule is Cc1oc(C(=O)N2CCNCC2c2cccnc2)cc1S(=O)(=O)N(C)C. The molecule has 0 saturated carbocycles. The minimum atomic E-state index is -3.67. The maximum absolute atomic E-state index is 13.0. The van der Waals surface area contributed by atoms with Gasteiger partial charge in [-0.05, 0) is 18.6 Å². The van der Waals surface area contributed by atoms with E-state index in [0.29, 0.717) is 19.6 Å². The molecule has 0 bridgehead atoms. The van der Waals surface area contributed by atoms with Crippen LogP contribution in [-0.4, -0.2) is 62.2 Å². The monoisotopic (exact) mass is 378 g/mol. The van der Waals surface area contributed by atoms with E-state index in [2.05, 4.69) is 10.3 Å². The van der Waals surface area contributed by atoms with Crippen LogP contribution in [0.2, 0.25) is 0 Å². The van der Waals surface area contributed by atoms with Crippen LogP contribution in [0.1, 0.15) is 27.9 Å². The van der Waals surface area contributed by atoms with E-state index >= 15 is 0 Å². The molecule has 1 saturated heterocycles. The van der Waals surface area contributed by atoms with Gasteiger partial charge in [0.2, 0.25) is 10.0 Å². The molecule has 0 spiro atoms. The highest BCUT2D eigenvalue weighted by Gasteiger charge is 2.32. The van der Waals surface area contributed by atoms with Crippen LogP contribution in [0.4, 0.5) is 0 Å². The molecular formula is C17H22N4O4S. The molecule has 0 aliphatic carbocycles. The molecule has 140 valence electrons. The summed E-state index contributed by atoms with van der Waals surface area (Å²) in [7, 11) is -0.785. The molecule has 3 rings (SSSR count). The average molecular weight is 378 g/mol. The first kappa shape index (κ1) is 18.6. The van der Waals surface area contributed by atoms with Crippen molar-refractivity contribution in [2.24, 2.45) is 0 Å². The van der Waals surface area contributed by atoms with E-state index in [-0.39, 0.29) is 28.4 Å². The molecule has 1 aliphatic heterocycles. The predicted octanol–water partition coefficient (Wildman–Crippen LogP) is 1.02. The summed E-state index contributed by atoms with van der Waals surface area (Å²) in [5.41, 5.74) is 0.914. The summed E-state index contributed by atoms with van der Waals surface area (Å²) in [6.45, 7) is 3.29. The van der Waals surface area contributed by atoms with E-state index in [1.807, 2.05) is 12.1 Å². The van der Waals surface area contributed by atoms with Crippen LogP contribution in [0, 0.1) is 6.92 Å². The molecule has 0 radical (unpaired) electrons.